The van der Waals surface area contributed by atoms with Crippen molar-refractivity contribution >= 4 is 5.78 Å². The molecule has 0 bridgehead atoms. The highest BCUT2D eigenvalue weighted by Gasteiger charge is 2.20. The van der Waals surface area contributed by atoms with E-state index in [0.717, 1.165) is 18.0 Å². The lowest BCUT2D eigenvalue weighted by Gasteiger charge is -1.97. The Hall–Kier alpha value is -1.12. The maximum atomic E-state index is 11.0. The summed E-state index contributed by atoms with van der Waals surface area (Å²) in [7, 11) is 0. The molecular formula is C10H14N2O. The Balaban J connectivity index is 1.92. The number of nitrogens with zero attached hydrogens (tertiary/aromatic N) is 2. The molecule has 1 heterocycles. The molecule has 0 aromatic carbocycles. The van der Waals surface area contributed by atoms with Gasteiger partial charge >= 0.3 is 0 Å². The zero-order valence-corrected chi connectivity index (χ0v) is 7.86. The fraction of sp³-hybridized carbons (Fsp3) is 0.600. The number of carbonyl (C=O) groups excluding carboxylic acids is 1. The van der Waals surface area contributed by atoms with Crippen LogP contribution in [0.5, 0.6) is 0 Å². The quantitative estimate of drug-likeness (QED) is 0.660. The van der Waals surface area contributed by atoms with Gasteiger partial charge in [0, 0.05) is 12.7 Å². The monoisotopic (exact) mass is 178 g/mol. The van der Waals surface area contributed by atoms with Crippen LogP contribution in [0.4, 0.5) is 0 Å². The Morgan fingerprint density at radius 2 is 2.46 bits per heavy atom. The van der Waals surface area contributed by atoms with Gasteiger partial charge in [0.1, 0.15) is 0 Å². The third kappa shape index (κ3) is 2.17. The van der Waals surface area contributed by atoms with Crippen LogP contribution in [0, 0.1) is 5.92 Å². The van der Waals surface area contributed by atoms with Crippen LogP contribution in [0.3, 0.4) is 0 Å². The summed E-state index contributed by atoms with van der Waals surface area (Å²) in [6.45, 7) is 2.53. The van der Waals surface area contributed by atoms with E-state index in [-0.39, 0.29) is 5.78 Å². The Labute approximate surface area is 77.7 Å². The van der Waals surface area contributed by atoms with Crippen molar-refractivity contribution < 1.29 is 4.79 Å². The van der Waals surface area contributed by atoms with Crippen molar-refractivity contribution in [3.05, 3.63) is 18.0 Å². The normalized spacial score (nSPS) is 16.1. The van der Waals surface area contributed by atoms with Crippen molar-refractivity contribution in [3.63, 3.8) is 0 Å². The van der Waals surface area contributed by atoms with Gasteiger partial charge in [-0.05, 0) is 19.3 Å². The zero-order chi connectivity index (χ0) is 9.26. The first-order valence-corrected chi connectivity index (χ1v) is 4.79. The first-order valence-electron chi connectivity index (χ1n) is 4.79. The minimum Gasteiger partial charge on any atom is -0.294 e. The number of Topliss-reactive ketones (excluding diaryl/α,β-unsaturated/α-hetero) is 1. The van der Waals surface area contributed by atoms with E-state index in [2.05, 4.69) is 5.10 Å². The topological polar surface area (TPSA) is 34.9 Å². The molecule has 2 rings (SSSR count). The highest BCUT2D eigenvalue weighted by Crippen LogP contribution is 2.32. The fourth-order valence-corrected chi connectivity index (χ4v) is 1.39. The van der Waals surface area contributed by atoms with Gasteiger partial charge < -0.3 is 0 Å². The minimum atomic E-state index is 0.0951. The van der Waals surface area contributed by atoms with E-state index in [4.69, 9.17) is 0 Å². The van der Waals surface area contributed by atoms with Crippen LogP contribution in [-0.2, 0) is 6.54 Å². The van der Waals surface area contributed by atoms with Gasteiger partial charge in [-0.2, -0.15) is 5.10 Å². The third-order valence-electron chi connectivity index (χ3n) is 2.50. The maximum Gasteiger partial charge on any atom is 0.162 e. The first kappa shape index (κ1) is 8.48. The minimum absolute atomic E-state index is 0.0951. The molecule has 1 aliphatic carbocycles. The Morgan fingerprint density at radius 3 is 3.00 bits per heavy atom. The second kappa shape index (κ2) is 3.32. The number of aromatic nitrogens is 2. The molecule has 0 N–H and O–H groups in total. The van der Waals surface area contributed by atoms with Crippen molar-refractivity contribution in [2.45, 2.75) is 32.7 Å². The molecule has 1 aliphatic rings. The molecule has 1 fully saturated rings. The first-order chi connectivity index (χ1) is 6.25. The molecule has 70 valence electrons. The van der Waals surface area contributed by atoms with Gasteiger partial charge in [-0.25, -0.2) is 0 Å². The second-order valence-electron chi connectivity index (χ2n) is 3.78. The predicted molar refractivity (Wildman–Crippen MR) is 49.6 cm³/mol. The standard InChI is InChI=1S/C10H14N2O/c1-8(13)10-6-11-12(7-10)5-4-9-2-3-9/h6-7,9H,2-5H2,1H3. The summed E-state index contributed by atoms with van der Waals surface area (Å²) in [5, 5.41) is 4.13. The number of ketones is 1. The number of rotatable bonds is 4. The van der Waals surface area contributed by atoms with Gasteiger partial charge in [0.05, 0.1) is 11.8 Å². The van der Waals surface area contributed by atoms with E-state index >= 15 is 0 Å². The molecule has 1 aromatic heterocycles. The molecule has 0 atom stereocenters. The summed E-state index contributed by atoms with van der Waals surface area (Å²) in [5.74, 6) is 1.02. The molecule has 3 heteroatoms. The molecule has 1 saturated carbocycles. The van der Waals surface area contributed by atoms with Crippen LogP contribution in [0.2, 0.25) is 0 Å². The van der Waals surface area contributed by atoms with E-state index in [1.165, 1.54) is 19.3 Å². The smallest absolute Gasteiger partial charge is 0.162 e. The second-order valence-corrected chi connectivity index (χ2v) is 3.78. The van der Waals surface area contributed by atoms with Gasteiger partial charge in [0.2, 0.25) is 0 Å². The van der Waals surface area contributed by atoms with Gasteiger partial charge in [0.25, 0.3) is 0 Å². The van der Waals surface area contributed by atoms with Crippen LogP contribution in [0.25, 0.3) is 0 Å². The summed E-state index contributed by atoms with van der Waals surface area (Å²) >= 11 is 0. The lowest BCUT2D eigenvalue weighted by Crippen LogP contribution is -1.99. The number of aryl methyl sites for hydroxylation is 1. The Bertz CT molecular complexity index is 312. The van der Waals surface area contributed by atoms with Crippen LogP contribution in [-0.4, -0.2) is 15.6 Å². The van der Waals surface area contributed by atoms with E-state index in [1.54, 1.807) is 13.1 Å². The third-order valence-corrected chi connectivity index (χ3v) is 2.50. The van der Waals surface area contributed by atoms with Gasteiger partial charge in [0.15, 0.2) is 5.78 Å². The van der Waals surface area contributed by atoms with Gasteiger partial charge in [-0.3, -0.25) is 9.48 Å². The lowest BCUT2D eigenvalue weighted by molar-refractivity contribution is 0.101. The highest BCUT2D eigenvalue weighted by molar-refractivity contribution is 5.93. The van der Waals surface area contributed by atoms with E-state index in [0.29, 0.717) is 0 Å². The number of hydrogen-bond donors (Lipinski definition) is 0. The summed E-state index contributed by atoms with van der Waals surface area (Å²) in [4.78, 5) is 11.0. The SMILES string of the molecule is CC(=O)c1cnn(CCC2CC2)c1. The van der Waals surface area contributed by atoms with Crippen LogP contribution < -0.4 is 0 Å². The van der Waals surface area contributed by atoms with Gasteiger partial charge in [-0.1, -0.05) is 12.8 Å². The van der Waals surface area contributed by atoms with Crippen LogP contribution in [0.1, 0.15) is 36.5 Å². The largest absolute Gasteiger partial charge is 0.294 e. The van der Waals surface area contributed by atoms with Crippen LogP contribution >= 0.6 is 0 Å². The molecule has 1 aromatic rings. The summed E-state index contributed by atoms with van der Waals surface area (Å²) < 4.78 is 1.87. The molecule has 0 amide bonds. The van der Waals surface area contributed by atoms with Crippen molar-refractivity contribution in [2.75, 3.05) is 0 Å². The van der Waals surface area contributed by atoms with E-state index < -0.39 is 0 Å². The molecule has 13 heavy (non-hydrogen) atoms. The van der Waals surface area contributed by atoms with Crippen molar-refractivity contribution in [3.8, 4) is 0 Å². The Kier molecular flexibility index (Phi) is 2.17. The summed E-state index contributed by atoms with van der Waals surface area (Å²) in [6, 6.07) is 0. The molecule has 0 aliphatic heterocycles. The molecular weight excluding hydrogens is 164 g/mol. The molecule has 0 saturated heterocycles. The molecule has 3 nitrogen and oxygen atoms in total. The summed E-state index contributed by atoms with van der Waals surface area (Å²) in [5.41, 5.74) is 0.718. The maximum absolute atomic E-state index is 11.0. The van der Waals surface area contributed by atoms with Gasteiger partial charge in [-0.15, -0.1) is 0 Å². The van der Waals surface area contributed by atoms with Crippen molar-refractivity contribution in [2.24, 2.45) is 5.92 Å². The number of carbonyl (C=O) groups is 1. The molecule has 0 spiro atoms. The van der Waals surface area contributed by atoms with Crippen molar-refractivity contribution in [1.82, 2.24) is 9.78 Å². The number of hydrogen-bond acceptors (Lipinski definition) is 2. The average molecular weight is 178 g/mol. The predicted octanol–water partition coefficient (Wildman–Crippen LogP) is 1.89. The lowest BCUT2D eigenvalue weighted by atomic mass is 10.2. The average Bonchev–Trinajstić information content (AvgIpc) is 2.79. The Morgan fingerprint density at radius 1 is 1.69 bits per heavy atom. The van der Waals surface area contributed by atoms with E-state index in [1.807, 2.05) is 10.9 Å². The van der Waals surface area contributed by atoms with Crippen LogP contribution in [0.15, 0.2) is 12.4 Å². The molecule has 0 radical (unpaired) electrons. The zero-order valence-electron chi connectivity index (χ0n) is 7.86. The fourth-order valence-electron chi connectivity index (χ4n) is 1.39. The van der Waals surface area contributed by atoms with Crippen molar-refractivity contribution in [1.29, 1.82) is 0 Å². The molecule has 0 unspecified atom stereocenters. The highest BCUT2D eigenvalue weighted by atomic mass is 16.1. The summed E-state index contributed by atoms with van der Waals surface area (Å²) in [6.07, 6.45) is 7.45. The van der Waals surface area contributed by atoms with E-state index in [9.17, 15) is 4.79 Å².